The summed E-state index contributed by atoms with van der Waals surface area (Å²) in [4.78, 5) is 31.2. The summed E-state index contributed by atoms with van der Waals surface area (Å²) in [7, 11) is 0. The molecule has 1 heterocycles. The Labute approximate surface area is 205 Å². The molecule has 180 valence electrons. The number of esters is 1. The highest BCUT2D eigenvalue weighted by molar-refractivity contribution is 7.98. The molecule has 1 N–H and O–H groups in total. The Hall–Kier alpha value is -4.37. The highest BCUT2D eigenvalue weighted by Gasteiger charge is 2.28. The van der Waals surface area contributed by atoms with Gasteiger partial charge < -0.3 is 19.5 Å². The third-order valence-electron chi connectivity index (χ3n) is 4.42. The number of carbonyl (C=O) groups is 1. The van der Waals surface area contributed by atoms with Crippen molar-refractivity contribution < 1.29 is 23.9 Å². The van der Waals surface area contributed by atoms with Crippen LogP contribution in [0, 0.1) is 21.4 Å². The predicted molar refractivity (Wildman–Crippen MR) is 128 cm³/mol. The van der Waals surface area contributed by atoms with Gasteiger partial charge in [-0.25, -0.2) is 0 Å². The smallest absolute Gasteiger partial charge is 0.373 e. The minimum Gasteiger partial charge on any atom is -0.485 e. The van der Waals surface area contributed by atoms with Gasteiger partial charge in [0, 0.05) is 6.07 Å². The number of hydrogen-bond donors (Lipinski definition) is 1. The first-order valence-corrected chi connectivity index (χ1v) is 11.6. The molecule has 12 heteroatoms. The van der Waals surface area contributed by atoms with Crippen molar-refractivity contribution >= 4 is 29.2 Å². The molecule has 0 radical (unpaired) electrons. The van der Waals surface area contributed by atoms with Crippen molar-refractivity contribution in [2.45, 2.75) is 18.7 Å². The van der Waals surface area contributed by atoms with Crippen molar-refractivity contribution in [3.05, 3.63) is 69.8 Å². The van der Waals surface area contributed by atoms with E-state index in [1.54, 1.807) is 25.3 Å². The second-order valence-electron chi connectivity index (χ2n) is 6.78. The minimum absolute atomic E-state index is 0.0603. The molecule has 3 aromatic rings. The number of hydrogen-bond acceptors (Lipinski definition) is 11. The second kappa shape index (κ2) is 12.2. The van der Waals surface area contributed by atoms with Crippen LogP contribution in [0.15, 0.2) is 53.7 Å². The molecule has 35 heavy (non-hydrogen) atoms. The molecule has 0 spiro atoms. The summed E-state index contributed by atoms with van der Waals surface area (Å²) in [6.45, 7) is 1.68. The van der Waals surface area contributed by atoms with E-state index in [0.717, 1.165) is 17.3 Å². The summed E-state index contributed by atoms with van der Waals surface area (Å²) in [5.74, 6) is -0.870. The van der Waals surface area contributed by atoms with Crippen molar-refractivity contribution in [3.63, 3.8) is 0 Å². The van der Waals surface area contributed by atoms with Gasteiger partial charge in [0.25, 0.3) is 0 Å². The van der Waals surface area contributed by atoms with E-state index in [1.807, 2.05) is 36.4 Å². The van der Waals surface area contributed by atoms with E-state index in [2.05, 4.69) is 15.3 Å². The Balaban J connectivity index is 1.98. The van der Waals surface area contributed by atoms with Crippen LogP contribution in [0.2, 0.25) is 0 Å². The zero-order valence-electron chi connectivity index (χ0n) is 18.9. The Morgan fingerprint density at radius 2 is 1.97 bits per heavy atom. The van der Waals surface area contributed by atoms with E-state index in [1.165, 1.54) is 6.07 Å². The zero-order chi connectivity index (χ0) is 25.2. The number of thioether (sulfide) groups is 1. The lowest BCUT2D eigenvalue weighted by Gasteiger charge is -2.14. The summed E-state index contributed by atoms with van der Waals surface area (Å²) in [6, 6.07) is 15.9. The van der Waals surface area contributed by atoms with Gasteiger partial charge in [0.2, 0.25) is 5.82 Å². The van der Waals surface area contributed by atoms with Crippen molar-refractivity contribution in [1.29, 1.82) is 5.26 Å². The van der Waals surface area contributed by atoms with Crippen LogP contribution in [0.5, 0.6) is 17.4 Å². The summed E-state index contributed by atoms with van der Waals surface area (Å²) >= 11 is 1.13. The fourth-order valence-corrected chi connectivity index (χ4v) is 3.21. The van der Waals surface area contributed by atoms with E-state index in [4.69, 9.17) is 14.2 Å². The molecule has 1 aromatic heterocycles. The molecule has 0 saturated heterocycles. The Morgan fingerprint density at radius 1 is 1.20 bits per heavy atom. The third kappa shape index (κ3) is 6.81. The summed E-state index contributed by atoms with van der Waals surface area (Å²) in [5, 5.41) is 24.0. The van der Waals surface area contributed by atoms with E-state index in [-0.39, 0.29) is 53.7 Å². The van der Waals surface area contributed by atoms with Crippen molar-refractivity contribution in [2.24, 2.45) is 0 Å². The average Bonchev–Trinajstić information content (AvgIpc) is 2.86. The third-order valence-corrected chi connectivity index (χ3v) is 4.97. The molecule has 0 saturated carbocycles. The van der Waals surface area contributed by atoms with Crippen LogP contribution in [0.3, 0.4) is 0 Å². The van der Waals surface area contributed by atoms with Gasteiger partial charge in [-0.1, -0.05) is 42.1 Å². The molecular weight excluding hydrogens is 474 g/mol. The fourth-order valence-electron chi connectivity index (χ4n) is 2.85. The van der Waals surface area contributed by atoms with Gasteiger partial charge >= 0.3 is 17.5 Å². The molecule has 0 unspecified atom stereocenters. The van der Waals surface area contributed by atoms with E-state index < -0.39 is 16.6 Å². The number of nitrogens with zero attached hydrogens (tertiary/aromatic N) is 4. The number of nitrogens with one attached hydrogen (secondary N) is 1. The monoisotopic (exact) mass is 495 g/mol. The number of ether oxygens (including phenoxy) is 3. The fraction of sp³-hybridized carbons (Fsp3) is 0.217. The standard InChI is InChI=1S/C23H21N5O6S/c1-3-32-19(29)13-25-21-20(28(30)31)22(27-23(26-21)35-2)34-18-11-16(12-24)9-10-17(18)33-14-15-7-5-4-6-8-15/h4-11H,3,13-14H2,1-2H3,(H,25,26,27). The normalized spacial score (nSPS) is 10.2. The van der Waals surface area contributed by atoms with E-state index in [9.17, 15) is 20.2 Å². The van der Waals surface area contributed by atoms with Gasteiger partial charge in [0.1, 0.15) is 13.2 Å². The topological polar surface area (TPSA) is 150 Å². The molecule has 0 fully saturated rings. The Bertz CT molecular complexity index is 1250. The van der Waals surface area contributed by atoms with Crippen LogP contribution >= 0.6 is 11.8 Å². The lowest BCUT2D eigenvalue weighted by Crippen LogP contribution is -2.18. The largest absolute Gasteiger partial charge is 0.485 e. The molecule has 11 nitrogen and oxygen atoms in total. The number of rotatable bonds is 11. The van der Waals surface area contributed by atoms with E-state index >= 15 is 0 Å². The highest BCUT2D eigenvalue weighted by Crippen LogP contribution is 2.39. The molecule has 0 aliphatic carbocycles. The zero-order valence-corrected chi connectivity index (χ0v) is 19.7. The summed E-state index contributed by atoms with van der Waals surface area (Å²) in [5.41, 5.74) is 0.573. The maximum Gasteiger partial charge on any atom is 0.373 e. The van der Waals surface area contributed by atoms with Gasteiger partial charge in [-0.3, -0.25) is 14.9 Å². The van der Waals surface area contributed by atoms with Gasteiger partial charge in [0.15, 0.2) is 16.7 Å². The van der Waals surface area contributed by atoms with Crippen molar-refractivity contribution in [3.8, 4) is 23.4 Å². The number of nitro groups is 1. The van der Waals surface area contributed by atoms with Crippen LogP contribution in [-0.2, 0) is 16.1 Å². The van der Waals surface area contributed by atoms with Crippen molar-refractivity contribution in [1.82, 2.24) is 9.97 Å². The lowest BCUT2D eigenvalue weighted by atomic mass is 10.2. The Kier molecular flexibility index (Phi) is 8.80. The first-order chi connectivity index (χ1) is 16.9. The van der Waals surface area contributed by atoms with Crippen LogP contribution in [0.4, 0.5) is 11.5 Å². The maximum absolute atomic E-state index is 11.9. The van der Waals surface area contributed by atoms with Gasteiger partial charge in [-0.05, 0) is 30.9 Å². The van der Waals surface area contributed by atoms with Gasteiger partial charge in [0.05, 0.1) is 23.2 Å². The molecule has 0 aliphatic rings. The lowest BCUT2D eigenvalue weighted by molar-refractivity contribution is -0.385. The SMILES string of the molecule is CCOC(=O)CNc1nc(SC)nc(Oc2cc(C#N)ccc2OCc2ccccc2)c1[N+](=O)[O-]. The summed E-state index contributed by atoms with van der Waals surface area (Å²) < 4.78 is 16.5. The average molecular weight is 496 g/mol. The molecular formula is C23H21N5O6S. The van der Waals surface area contributed by atoms with Crippen LogP contribution < -0.4 is 14.8 Å². The van der Waals surface area contributed by atoms with Crippen LogP contribution in [-0.4, -0.2) is 40.3 Å². The quantitative estimate of drug-likeness (QED) is 0.133. The first-order valence-electron chi connectivity index (χ1n) is 10.3. The molecule has 2 aromatic carbocycles. The number of aromatic nitrogens is 2. The van der Waals surface area contributed by atoms with Gasteiger partial charge in [-0.2, -0.15) is 15.2 Å². The number of anilines is 1. The second-order valence-corrected chi connectivity index (χ2v) is 7.55. The predicted octanol–water partition coefficient (Wildman–Crippen LogP) is 4.32. The van der Waals surface area contributed by atoms with Gasteiger partial charge in [-0.15, -0.1) is 0 Å². The number of benzene rings is 2. The van der Waals surface area contributed by atoms with Crippen LogP contribution in [0.25, 0.3) is 0 Å². The van der Waals surface area contributed by atoms with Crippen LogP contribution in [0.1, 0.15) is 18.1 Å². The van der Waals surface area contributed by atoms with Crippen molar-refractivity contribution in [2.75, 3.05) is 24.7 Å². The molecule has 0 bridgehead atoms. The van der Waals surface area contributed by atoms with E-state index in [0.29, 0.717) is 0 Å². The maximum atomic E-state index is 11.9. The molecule has 0 aliphatic heterocycles. The molecule has 0 amide bonds. The minimum atomic E-state index is -0.717. The molecule has 3 rings (SSSR count). The molecule has 0 atom stereocenters. The number of nitriles is 1. The number of carbonyl (C=O) groups excluding carboxylic acids is 1. The summed E-state index contributed by atoms with van der Waals surface area (Å²) in [6.07, 6.45) is 1.69. The first kappa shape index (κ1) is 25.3. The highest BCUT2D eigenvalue weighted by atomic mass is 32.2. The Morgan fingerprint density at radius 3 is 2.63 bits per heavy atom.